The zero-order chi connectivity index (χ0) is 37.1. The first-order valence-corrected chi connectivity index (χ1v) is 18.9. The van der Waals surface area contributed by atoms with Crippen molar-refractivity contribution in [2.24, 2.45) is 5.41 Å². The first kappa shape index (κ1) is 35.5. The molecule has 2 aromatic heterocycles. The average molecular weight is 727 g/mol. The lowest BCUT2D eigenvalue weighted by atomic mass is 10.00. The van der Waals surface area contributed by atoms with Gasteiger partial charge in [-0.25, -0.2) is 4.39 Å². The molecule has 1 aliphatic carbocycles. The molecule has 3 heterocycles. The number of nitrogens with zero attached hydrogens (tertiary/aromatic N) is 6. The molecule has 2 aliphatic rings. The largest absolute Gasteiger partial charge is 0.493 e. The van der Waals surface area contributed by atoms with E-state index in [1.807, 2.05) is 36.0 Å². The maximum absolute atomic E-state index is 14.3. The molecule has 10 heteroatoms. The SMILES string of the molecule is COc1cccc(CN(C)C(=O)CC2(CN3CCCC3Cn3cc(Cn4c(-c5ccccc5)cc5ccccc54)nn3)CC2)c1OCc1ccccc1F. The highest BCUT2D eigenvalue weighted by molar-refractivity contribution is 5.87. The van der Waals surface area contributed by atoms with Crippen molar-refractivity contribution in [1.82, 2.24) is 29.4 Å². The van der Waals surface area contributed by atoms with Crippen molar-refractivity contribution in [3.8, 4) is 22.8 Å². The standard InChI is InChI=1S/C44H47FN6O3/c1-48(26-34-16-10-20-41(53-2)43(34)54-30-35-15-6-8-18-38(35)45)42(52)25-44(21-22-44)31-49-23-11-17-37(49)29-50-27-36(46-47-50)28-51-39-19-9-7-14-33(39)24-40(51)32-12-4-3-5-13-32/h3-10,12-16,18-20,24,27,37H,11,17,21-23,25-26,28-31H2,1-2H3. The fourth-order valence-electron chi connectivity index (χ4n) is 7.99. The number of fused-ring (bicyclic) bond motifs is 1. The van der Waals surface area contributed by atoms with Crippen LogP contribution in [0.1, 0.15) is 48.9 Å². The number of carbonyl (C=O) groups excluding carboxylic acids is 1. The number of carbonyl (C=O) groups is 1. The van der Waals surface area contributed by atoms with Crippen molar-refractivity contribution in [3.05, 3.63) is 132 Å². The van der Waals surface area contributed by atoms with E-state index in [2.05, 4.69) is 80.6 Å². The molecule has 0 bridgehead atoms. The lowest BCUT2D eigenvalue weighted by Gasteiger charge is -2.30. The molecule has 0 spiro atoms. The number of para-hydroxylation sites is 2. The molecule has 1 saturated carbocycles. The van der Waals surface area contributed by atoms with Gasteiger partial charge in [-0.15, -0.1) is 5.10 Å². The van der Waals surface area contributed by atoms with Crippen molar-refractivity contribution in [1.29, 1.82) is 0 Å². The first-order chi connectivity index (χ1) is 26.4. The summed E-state index contributed by atoms with van der Waals surface area (Å²) >= 11 is 0. The van der Waals surface area contributed by atoms with E-state index in [1.54, 1.807) is 30.2 Å². The van der Waals surface area contributed by atoms with E-state index in [0.717, 1.165) is 56.6 Å². The van der Waals surface area contributed by atoms with Crippen LogP contribution in [0.2, 0.25) is 0 Å². The molecule has 278 valence electrons. The molecule has 8 rings (SSSR count). The molecule has 0 radical (unpaired) electrons. The fourth-order valence-corrected chi connectivity index (χ4v) is 7.99. The summed E-state index contributed by atoms with van der Waals surface area (Å²) in [5, 5.41) is 10.4. The van der Waals surface area contributed by atoms with Crippen LogP contribution in [0.25, 0.3) is 22.2 Å². The van der Waals surface area contributed by atoms with Crippen molar-refractivity contribution >= 4 is 16.8 Å². The minimum atomic E-state index is -0.318. The van der Waals surface area contributed by atoms with Gasteiger partial charge in [-0.1, -0.05) is 84.1 Å². The number of halogens is 1. The van der Waals surface area contributed by atoms with Crippen LogP contribution in [0.4, 0.5) is 4.39 Å². The minimum Gasteiger partial charge on any atom is -0.493 e. The van der Waals surface area contributed by atoms with Crippen LogP contribution in [0.3, 0.4) is 0 Å². The van der Waals surface area contributed by atoms with E-state index < -0.39 is 0 Å². The lowest BCUT2D eigenvalue weighted by molar-refractivity contribution is -0.132. The van der Waals surface area contributed by atoms with Gasteiger partial charge >= 0.3 is 0 Å². The molecule has 4 aromatic carbocycles. The van der Waals surface area contributed by atoms with Crippen molar-refractivity contribution in [3.63, 3.8) is 0 Å². The average Bonchev–Trinajstić information content (AvgIpc) is 3.46. The molecule has 1 atom stereocenters. The smallest absolute Gasteiger partial charge is 0.223 e. The topological polar surface area (TPSA) is 77.7 Å². The first-order valence-electron chi connectivity index (χ1n) is 18.9. The number of amides is 1. The maximum atomic E-state index is 14.3. The maximum Gasteiger partial charge on any atom is 0.223 e. The summed E-state index contributed by atoms with van der Waals surface area (Å²) in [6.45, 7) is 3.78. The highest BCUT2D eigenvalue weighted by Crippen LogP contribution is 2.50. The number of benzene rings is 4. The Morgan fingerprint density at radius 1 is 0.963 bits per heavy atom. The number of aromatic nitrogens is 4. The Labute approximate surface area is 315 Å². The number of methoxy groups -OCH3 is 1. The molecular weight excluding hydrogens is 680 g/mol. The van der Waals surface area contributed by atoms with Gasteiger partial charge in [-0.2, -0.15) is 0 Å². The van der Waals surface area contributed by atoms with E-state index in [9.17, 15) is 9.18 Å². The second-order valence-corrected chi connectivity index (χ2v) is 15.0. The van der Waals surface area contributed by atoms with Crippen LogP contribution < -0.4 is 9.47 Å². The number of likely N-dealkylation sites (tertiary alicyclic amines) is 1. The zero-order valence-electron chi connectivity index (χ0n) is 31.0. The van der Waals surface area contributed by atoms with Crippen LogP contribution in [0, 0.1) is 11.2 Å². The van der Waals surface area contributed by atoms with E-state index in [1.165, 1.54) is 28.2 Å². The zero-order valence-corrected chi connectivity index (χ0v) is 31.0. The summed E-state index contributed by atoms with van der Waals surface area (Å²) in [5.74, 6) is 0.873. The van der Waals surface area contributed by atoms with Gasteiger partial charge in [0.05, 0.1) is 26.4 Å². The quantitative estimate of drug-likeness (QED) is 0.107. The molecule has 6 aromatic rings. The summed E-state index contributed by atoms with van der Waals surface area (Å²) in [6, 6.07) is 33.8. The second kappa shape index (κ2) is 15.5. The number of hydrogen-bond acceptors (Lipinski definition) is 6. The molecule has 2 fully saturated rings. The van der Waals surface area contributed by atoms with Gasteiger partial charge < -0.3 is 18.9 Å². The molecular formula is C44H47FN6O3. The normalized spacial score (nSPS) is 16.5. The summed E-state index contributed by atoms with van der Waals surface area (Å²) < 4.78 is 30.4. The Morgan fingerprint density at radius 2 is 1.74 bits per heavy atom. The van der Waals surface area contributed by atoms with Gasteiger partial charge in [0.15, 0.2) is 11.5 Å². The van der Waals surface area contributed by atoms with E-state index in [0.29, 0.717) is 42.6 Å². The van der Waals surface area contributed by atoms with Gasteiger partial charge in [0.1, 0.15) is 18.1 Å². The highest BCUT2D eigenvalue weighted by Gasteiger charge is 2.47. The Kier molecular flexibility index (Phi) is 10.2. The third kappa shape index (κ3) is 7.75. The van der Waals surface area contributed by atoms with Crippen LogP contribution in [-0.4, -0.2) is 68.6 Å². The third-order valence-electron chi connectivity index (χ3n) is 11.1. The Balaban J connectivity index is 0.893. The summed E-state index contributed by atoms with van der Waals surface area (Å²) in [6.07, 6.45) is 6.94. The lowest BCUT2D eigenvalue weighted by Crippen LogP contribution is -2.39. The predicted molar refractivity (Wildman–Crippen MR) is 208 cm³/mol. The summed E-state index contributed by atoms with van der Waals surface area (Å²) in [4.78, 5) is 18.1. The van der Waals surface area contributed by atoms with Crippen LogP contribution in [-0.2, 0) is 31.0 Å². The van der Waals surface area contributed by atoms with Gasteiger partial charge in [-0.3, -0.25) is 14.4 Å². The number of ether oxygens (including phenoxy) is 2. The Morgan fingerprint density at radius 3 is 2.56 bits per heavy atom. The Bertz CT molecular complexity index is 2230. The van der Waals surface area contributed by atoms with Crippen LogP contribution >= 0.6 is 0 Å². The molecule has 1 unspecified atom stereocenters. The van der Waals surface area contributed by atoms with Crippen LogP contribution in [0.15, 0.2) is 109 Å². The number of rotatable bonds is 15. The van der Waals surface area contributed by atoms with E-state index in [4.69, 9.17) is 9.47 Å². The van der Waals surface area contributed by atoms with Gasteiger partial charge in [0.25, 0.3) is 0 Å². The van der Waals surface area contributed by atoms with Gasteiger partial charge in [0, 0.05) is 60.3 Å². The van der Waals surface area contributed by atoms with E-state index >= 15 is 0 Å². The third-order valence-corrected chi connectivity index (χ3v) is 11.1. The van der Waals surface area contributed by atoms with Gasteiger partial charge in [0.2, 0.25) is 5.91 Å². The second-order valence-electron chi connectivity index (χ2n) is 15.0. The molecule has 9 nitrogen and oxygen atoms in total. The minimum absolute atomic E-state index is 0.0106. The van der Waals surface area contributed by atoms with Crippen LogP contribution in [0.5, 0.6) is 11.5 Å². The molecule has 1 saturated heterocycles. The van der Waals surface area contributed by atoms with Gasteiger partial charge in [-0.05, 0) is 67.5 Å². The molecule has 0 N–H and O–H groups in total. The Hall–Kier alpha value is -5.48. The molecule has 1 aliphatic heterocycles. The molecule has 1 amide bonds. The van der Waals surface area contributed by atoms with Crippen molar-refractivity contribution in [2.75, 3.05) is 27.2 Å². The fraction of sp³-hybridized carbons (Fsp3) is 0.341. The summed E-state index contributed by atoms with van der Waals surface area (Å²) in [5.41, 5.74) is 5.73. The molecule has 54 heavy (non-hydrogen) atoms. The predicted octanol–water partition coefficient (Wildman–Crippen LogP) is 7.97. The summed E-state index contributed by atoms with van der Waals surface area (Å²) in [7, 11) is 3.43. The monoisotopic (exact) mass is 726 g/mol. The van der Waals surface area contributed by atoms with Crippen molar-refractivity contribution in [2.45, 2.75) is 64.4 Å². The number of hydrogen-bond donors (Lipinski definition) is 0. The van der Waals surface area contributed by atoms with Crippen molar-refractivity contribution < 1.29 is 18.7 Å². The highest BCUT2D eigenvalue weighted by atomic mass is 19.1. The van der Waals surface area contributed by atoms with E-state index in [-0.39, 0.29) is 23.7 Å².